The summed E-state index contributed by atoms with van der Waals surface area (Å²) in [5.74, 6) is 6.50. The minimum atomic E-state index is 0. The van der Waals surface area contributed by atoms with Gasteiger partial charge in [0.25, 0.3) is 0 Å². The third-order valence-electron chi connectivity index (χ3n) is 1.60. The van der Waals surface area contributed by atoms with Crippen LogP contribution in [0.4, 0.5) is 5.82 Å². The number of aromatic nitrogens is 1. The van der Waals surface area contributed by atoms with Crippen molar-refractivity contribution in [2.75, 3.05) is 5.43 Å². The first-order valence-corrected chi connectivity index (χ1v) is 3.67. The normalized spacial score (nSPS) is 9.33. The summed E-state index contributed by atoms with van der Waals surface area (Å²) in [6.07, 6.45) is 1.72. The van der Waals surface area contributed by atoms with E-state index in [1.807, 2.05) is 12.1 Å². The van der Waals surface area contributed by atoms with E-state index in [0.717, 1.165) is 11.4 Å². The summed E-state index contributed by atoms with van der Waals surface area (Å²) < 4.78 is 0. The molecule has 0 aliphatic rings. The van der Waals surface area contributed by atoms with Crippen LogP contribution in [0.3, 0.4) is 0 Å². The van der Waals surface area contributed by atoms with E-state index in [-0.39, 0.29) is 12.4 Å². The van der Waals surface area contributed by atoms with Crippen molar-refractivity contribution in [1.29, 1.82) is 0 Å². The minimum Gasteiger partial charge on any atom is -0.308 e. The first-order chi connectivity index (χ1) is 5.25. The molecule has 1 heterocycles. The lowest BCUT2D eigenvalue weighted by Crippen LogP contribution is -2.11. The van der Waals surface area contributed by atoms with Crippen molar-refractivity contribution >= 4 is 18.2 Å². The number of hydrogen-bond donors (Lipinski definition) is 2. The number of halogens is 1. The first-order valence-electron chi connectivity index (χ1n) is 3.67. The highest BCUT2D eigenvalue weighted by Gasteiger charge is 2.04. The molecule has 4 heteroatoms. The first kappa shape index (κ1) is 11.2. The van der Waals surface area contributed by atoms with Gasteiger partial charge in [-0.25, -0.2) is 10.8 Å². The molecule has 0 saturated carbocycles. The molecule has 68 valence electrons. The number of rotatable bonds is 2. The van der Waals surface area contributed by atoms with Crippen molar-refractivity contribution in [3.63, 3.8) is 0 Å². The summed E-state index contributed by atoms with van der Waals surface area (Å²) in [5.41, 5.74) is 3.71. The van der Waals surface area contributed by atoms with Crippen LogP contribution in [-0.4, -0.2) is 4.98 Å². The molecule has 0 bridgehead atoms. The van der Waals surface area contributed by atoms with Gasteiger partial charge in [0.05, 0.1) is 0 Å². The average Bonchev–Trinajstić information content (AvgIpc) is 2.04. The summed E-state index contributed by atoms with van der Waals surface area (Å²) in [6, 6.07) is 3.93. The molecule has 0 amide bonds. The zero-order valence-corrected chi connectivity index (χ0v) is 8.06. The highest BCUT2D eigenvalue weighted by molar-refractivity contribution is 5.85. The molecule has 0 radical (unpaired) electrons. The molecule has 1 aromatic heterocycles. The Morgan fingerprint density at radius 1 is 1.50 bits per heavy atom. The Kier molecular flexibility index (Phi) is 4.62. The van der Waals surface area contributed by atoms with Crippen LogP contribution in [0.25, 0.3) is 0 Å². The minimum absolute atomic E-state index is 0. The molecule has 0 aliphatic carbocycles. The number of nitrogens with two attached hydrogens (primary N) is 1. The number of hydrazine groups is 1. The fourth-order valence-electron chi connectivity index (χ4n) is 1.00. The van der Waals surface area contributed by atoms with E-state index in [4.69, 9.17) is 5.84 Å². The third kappa shape index (κ3) is 2.36. The maximum atomic E-state index is 5.28. The molecule has 0 unspecified atom stereocenters. The van der Waals surface area contributed by atoms with Crippen molar-refractivity contribution in [2.24, 2.45) is 5.84 Å². The smallest absolute Gasteiger partial charge is 0.143 e. The number of nitrogen functional groups attached to an aromatic ring is 1. The second kappa shape index (κ2) is 4.95. The Bertz CT molecular complexity index is 237. The summed E-state index contributed by atoms with van der Waals surface area (Å²) in [7, 11) is 0. The Balaban J connectivity index is 0.00000121. The Labute approximate surface area is 78.8 Å². The predicted molar refractivity (Wildman–Crippen MR) is 53.4 cm³/mol. The molecule has 0 spiro atoms. The van der Waals surface area contributed by atoms with Crippen LogP contribution < -0.4 is 11.3 Å². The van der Waals surface area contributed by atoms with Crippen molar-refractivity contribution in [3.8, 4) is 0 Å². The fraction of sp³-hybridized carbons (Fsp3) is 0.375. The number of nitrogens with one attached hydrogen (secondary N) is 1. The standard InChI is InChI=1S/C8H13N3.ClH/c1-6(2)7-4-3-5-10-8(7)11-9;/h3-6H,9H2,1-2H3,(H,10,11);1H. The predicted octanol–water partition coefficient (Wildman–Crippen LogP) is 1.91. The van der Waals surface area contributed by atoms with E-state index < -0.39 is 0 Å². The number of anilines is 1. The van der Waals surface area contributed by atoms with Gasteiger partial charge in [-0.2, -0.15) is 0 Å². The maximum Gasteiger partial charge on any atom is 0.143 e. The average molecular weight is 188 g/mol. The molecular weight excluding hydrogens is 174 g/mol. The van der Waals surface area contributed by atoms with Crippen molar-refractivity contribution < 1.29 is 0 Å². The van der Waals surface area contributed by atoms with Crippen molar-refractivity contribution in [2.45, 2.75) is 19.8 Å². The Morgan fingerprint density at radius 2 is 2.17 bits per heavy atom. The number of nitrogens with zero attached hydrogens (tertiary/aromatic N) is 1. The number of hydrogen-bond acceptors (Lipinski definition) is 3. The molecule has 3 nitrogen and oxygen atoms in total. The van der Waals surface area contributed by atoms with Crippen LogP contribution >= 0.6 is 12.4 Å². The molecule has 1 rings (SSSR count). The van der Waals surface area contributed by atoms with Crippen LogP contribution in [0, 0.1) is 0 Å². The van der Waals surface area contributed by atoms with Crippen LogP contribution in [0.15, 0.2) is 18.3 Å². The Morgan fingerprint density at radius 3 is 2.58 bits per heavy atom. The maximum absolute atomic E-state index is 5.28. The van der Waals surface area contributed by atoms with Gasteiger partial charge in [-0.3, -0.25) is 0 Å². The molecule has 3 N–H and O–H groups in total. The lowest BCUT2D eigenvalue weighted by Gasteiger charge is -2.09. The lowest BCUT2D eigenvalue weighted by molar-refractivity contribution is 0.859. The second-order valence-corrected chi connectivity index (χ2v) is 2.74. The molecule has 0 aliphatic heterocycles. The summed E-state index contributed by atoms with van der Waals surface area (Å²) in [5, 5.41) is 0. The van der Waals surface area contributed by atoms with E-state index in [9.17, 15) is 0 Å². The van der Waals surface area contributed by atoms with E-state index >= 15 is 0 Å². The topological polar surface area (TPSA) is 50.9 Å². The van der Waals surface area contributed by atoms with Crippen LogP contribution in [0.2, 0.25) is 0 Å². The van der Waals surface area contributed by atoms with Gasteiger partial charge in [0, 0.05) is 6.20 Å². The highest BCUT2D eigenvalue weighted by Crippen LogP contribution is 2.19. The second-order valence-electron chi connectivity index (χ2n) is 2.74. The summed E-state index contributed by atoms with van der Waals surface area (Å²) >= 11 is 0. The monoisotopic (exact) mass is 187 g/mol. The largest absolute Gasteiger partial charge is 0.308 e. The van der Waals surface area contributed by atoms with Gasteiger partial charge in [-0.15, -0.1) is 12.4 Å². The third-order valence-corrected chi connectivity index (χ3v) is 1.60. The lowest BCUT2D eigenvalue weighted by atomic mass is 10.1. The van der Waals surface area contributed by atoms with E-state index in [1.165, 1.54) is 0 Å². The van der Waals surface area contributed by atoms with Crippen LogP contribution in [0.1, 0.15) is 25.3 Å². The van der Waals surface area contributed by atoms with Gasteiger partial charge in [0.15, 0.2) is 0 Å². The molecule has 0 saturated heterocycles. The van der Waals surface area contributed by atoms with Gasteiger partial charge in [-0.1, -0.05) is 19.9 Å². The van der Waals surface area contributed by atoms with Crippen molar-refractivity contribution in [1.82, 2.24) is 4.98 Å². The Hall–Kier alpha value is -0.800. The van der Waals surface area contributed by atoms with Gasteiger partial charge in [0.1, 0.15) is 5.82 Å². The molecule has 1 aromatic rings. The fourth-order valence-corrected chi connectivity index (χ4v) is 1.00. The SMILES string of the molecule is CC(C)c1cccnc1NN.Cl. The quantitative estimate of drug-likeness (QED) is 0.550. The van der Waals surface area contributed by atoms with Crippen molar-refractivity contribution in [3.05, 3.63) is 23.9 Å². The van der Waals surface area contributed by atoms with Crippen LogP contribution in [0.5, 0.6) is 0 Å². The van der Waals surface area contributed by atoms with Gasteiger partial charge in [0.2, 0.25) is 0 Å². The molecule has 0 atom stereocenters. The van der Waals surface area contributed by atoms with E-state index in [1.54, 1.807) is 6.20 Å². The van der Waals surface area contributed by atoms with Gasteiger partial charge >= 0.3 is 0 Å². The number of pyridine rings is 1. The molecule has 0 fully saturated rings. The zero-order chi connectivity index (χ0) is 8.27. The summed E-state index contributed by atoms with van der Waals surface area (Å²) in [6.45, 7) is 4.22. The van der Waals surface area contributed by atoms with Gasteiger partial charge in [-0.05, 0) is 17.5 Å². The molecule has 12 heavy (non-hydrogen) atoms. The van der Waals surface area contributed by atoms with Crippen LogP contribution in [-0.2, 0) is 0 Å². The molecular formula is C8H14ClN3. The van der Waals surface area contributed by atoms with Gasteiger partial charge < -0.3 is 5.43 Å². The van der Waals surface area contributed by atoms with E-state index in [2.05, 4.69) is 24.3 Å². The molecule has 0 aromatic carbocycles. The zero-order valence-electron chi connectivity index (χ0n) is 7.24. The summed E-state index contributed by atoms with van der Waals surface area (Å²) in [4.78, 5) is 4.08. The highest BCUT2D eigenvalue weighted by atomic mass is 35.5. The van der Waals surface area contributed by atoms with E-state index in [0.29, 0.717) is 5.92 Å².